The van der Waals surface area contributed by atoms with Gasteiger partial charge in [0.2, 0.25) is 0 Å². The molecule has 0 spiro atoms. The van der Waals surface area contributed by atoms with E-state index in [2.05, 4.69) is 15.7 Å². The number of aromatic nitrogens is 2. The van der Waals surface area contributed by atoms with Crippen LogP contribution in [-0.4, -0.2) is 28.6 Å². The maximum absolute atomic E-state index is 12.8. The highest BCUT2D eigenvalue weighted by Gasteiger charge is 2.19. The van der Waals surface area contributed by atoms with E-state index in [0.717, 1.165) is 5.69 Å². The highest BCUT2D eigenvalue weighted by molar-refractivity contribution is 6.30. The SMILES string of the molecule is CNC(=O)c1cccc(NC(=O)c2cc(-c3ccco3)n(-c3ccc(Cl)cc3)n2)c1. The molecule has 2 heterocycles. The Bertz CT molecular complexity index is 1200. The van der Waals surface area contributed by atoms with E-state index < -0.39 is 5.91 Å². The van der Waals surface area contributed by atoms with Gasteiger partial charge in [-0.05, 0) is 54.6 Å². The first-order valence-electron chi connectivity index (χ1n) is 9.08. The van der Waals surface area contributed by atoms with Gasteiger partial charge in [-0.3, -0.25) is 9.59 Å². The third kappa shape index (κ3) is 3.97. The van der Waals surface area contributed by atoms with Crippen molar-refractivity contribution in [3.63, 3.8) is 0 Å². The van der Waals surface area contributed by atoms with Crippen LogP contribution in [0, 0.1) is 0 Å². The third-order valence-corrected chi connectivity index (χ3v) is 4.65. The van der Waals surface area contributed by atoms with Crippen molar-refractivity contribution in [3.05, 3.63) is 89.3 Å². The topological polar surface area (TPSA) is 89.2 Å². The van der Waals surface area contributed by atoms with Gasteiger partial charge in [0, 0.05) is 29.4 Å². The fourth-order valence-corrected chi connectivity index (χ4v) is 3.07. The molecule has 0 unspecified atom stereocenters. The van der Waals surface area contributed by atoms with Crippen LogP contribution in [0.15, 0.2) is 77.4 Å². The van der Waals surface area contributed by atoms with Gasteiger partial charge >= 0.3 is 0 Å². The number of hydrogen-bond acceptors (Lipinski definition) is 4. The normalized spacial score (nSPS) is 10.6. The van der Waals surface area contributed by atoms with Crippen LogP contribution in [0.25, 0.3) is 17.1 Å². The molecule has 0 atom stereocenters. The highest BCUT2D eigenvalue weighted by Crippen LogP contribution is 2.26. The van der Waals surface area contributed by atoms with Gasteiger partial charge in [-0.15, -0.1) is 0 Å². The molecule has 0 radical (unpaired) electrons. The molecular weight excluding hydrogens is 404 g/mol. The van der Waals surface area contributed by atoms with Gasteiger partial charge < -0.3 is 15.1 Å². The first-order valence-corrected chi connectivity index (χ1v) is 9.46. The lowest BCUT2D eigenvalue weighted by Gasteiger charge is -2.06. The Labute approximate surface area is 177 Å². The quantitative estimate of drug-likeness (QED) is 0.501. The van der Waals surface area contributed by atoms with E-state index in [1.807, 2.05) is 0 Å². The first kappa shape index (κ1) is 19.5. The number of carbonyl (C=O) groups excluding carboxylic acids is 2. The number of rotatable bonds is 5. The smallest absolute Gasteiger partial charge is 0.276 e. The second-order valence-electron chi connectivity index (χ2n) is 6.39. The standard InChI is InChI=1S/C22H17ClN4O3/c1-24-21(28)14-4-2-5-16(12-14)25-22(29)18-13-19(20-6-3-11-30-20)27(26-18)17-9-7-15(23)8-10-17/h2-13H,1H3,(H,24,28)(H,25,29). The number of nitrogens with one attached hydrogen (secondary N) is 2. The van der Waals surface area contributed by atoms with Crippen molar-refractivity contribution in [1.82, 2.24) is 15.1 Å². The summed E-state index contributed by atoms with van der Waals surface area (Å²) in [6.07, 6.45) is 1.55. The van der Waals surface area contributed by atoms with Gasteiger partial charge in [-0.1, -0.05) is 17.7 Å². The second kappa shape index (κ2) is 8.26. The van der Waals surface area contributed by atoms with E-state index in [1.165, 1.54) is 0 Å². The van der Waals surface area contributed by atoms with Crippen molar-refractivity contribution in [1.29, 1.82) is 0 Å². The molecule has 0 saturated heterocycles. The van der Waals surface area contributed by atoms with Crippen molar-refractivity contribution in [3.8, 4) is 17.1 Å². The Kier molecular flexibility index (Phi) is 5.36. The second-order valence-corrected chi connectivity index (χ2v) is 6.83. The van der Waals surface area contributed by atoms with Crippen LogP contribution >= 0.6 is 11.6 Å². The van der Waals surface area contributed by atoms with Gasteiger partial charge in [-0.2, -0.15) is 5.10 Å². The van der Waals surface area contributed by atoms with Crippen molar-refractivity contribution >= 4 is 29.1 Å². The van der Waals surface area contributed by atoms with Crippen molar-refractivity contribution in [2.75, 3.05) is 12.4 Å². The minimum absolute atomic E-state index is 0.196. The zero-order chi connectivity index (χ0) is 21.1. The van der Waals surface area contributed by atoms with Crippen LogP contribution in [0.1, 0.15) is 20.8 Å². The van der Waals surface area contributed by atoms with E-state index in [4.69, 9.17) is 16.0 Å². The average molecular weight is 421 g/mol. The maximum Gasteiger partial charge on any atom is 0.276 e. The van der Waals surface area contributed by atoms with E-state index in [1.54, 1.807) is 84.7 Å². The molecule has 0 saturated carbocycles. The van der Waals surface area contributed by atoms with Gasteiger partial charge in [-0.25, -0.2) is 4.68 Å². The molecule has 30 heavy (non-hydrogen) atoms. The molecule has 4 aromatic rings. The summed E-state index contributed by atoms with van der Waals surface area (Å²) in [5.74, 6) is -0.0825. The number of halogens is 1. The number of furan rings is 1. The molecule has 150 valence electrons. The number of benzene rings is 2. The Morgan fingerprint density at radius 2 is 1.80 bits per heavy atom. The van der Waals surface area contributed by atoms with Gasteiger partial charge in [0.25, 0.3) is 11.8 Å². The van der Waals surface area contributed by atoms with E-state index in [0.29, 0.717) is 27.7 Å². The number of nitrogens with zero attached hydrogens (tertiary/aromatic N) is 2. The number of amides is 2. The fraction of sp³-hybridized carbons (Fsp3) is 0.0455. The molecule has 0 bridgehead atoms. The number of carbonyl (C=O) groups is 2. The van der Waals surface area contributed by atoms with Crippen LogP contribution in [0.2, 0.25) is 5.02 Å². The summed E-state index contributed by atoms with van der Waals surface area (Å²) in [7, 11) is 1.55. The summed E-state index contributed by atoms with van der Waals surface area (Å²) < 4.78 is 7.12. The molecular formula is C22H17ClN4O3. The summed E-state index contributed by atoms with van der Waals surface area (Å²) in [6.45, 7) is 0. The Balaban J connectivity index is 1.68. The molecule has 2 aromatic carbocycles. The molecule has 8 heteroatoms. The van der Waals surface area contributed by atoms with E-state index in [9.17, 15) is 9.59 Å². The molecule has 0 aliphatic heterocycles. The minimum Gasteiger partial charge on any atom is -0.463 e. The fourth-order valence-electron chi connectivity index (χ4n) is 2.95. The van der Waals surface area contributed by atoms with Crippen LogP contribution in [0.5, 0.6) is 0 Å². The monoisotopic (exact) mass is 420 g/mol. The predicted molar refractivity (Wildman–Crippen MR) is 114 cm³/mol. The Morgan fingerprint density at radius 1 is 1.00 bits per heavy atom. The average Bonchev–Trinajstić information content (AvgIpc) is 3.44. The number of anilines is 1. The lowest BCUT2D eigenvalue weighted by atomic mass is 10.2. The summed E-state index contributed by atoms with van der Waals surface area (Å²) in [6, 6.07) is 18.9. The molecule has 0 fully saturated rings. The largest absolute Gasteiger partial charge is 0.463 e. The maximum atomic E-state index is 12.8. The highest BCUT2D eigenvalue weighted by atomic mass is 35.5. The summed E-state index contributed by atoms with van der Waals surface area (Å²) in [4.78, 5) is 24.7. The van der Waals surface area contributed by atoms with Gasteiger partial charge in [0.05, 0.1) is 12.0 Å². The minimum atomic E-state index is -0.412. The molecule has 2 N–H and O–H groups in total. The van der Waals surface area contributed by atoms with Crippen LogP contribution in [-0.2, 0) is 0 Å². The third-order valence-electron chi connectivity index (χ3n) is 4.40. The van der Waals surface area contributed by atoms with Crippen LogP contribution in [0.3, 0.4) is 0 Å². The Hall–Kier alpha value is -3.84. The van der Waals surface area contributed by atoms with Gasteiger partial charge in [0.1, 0.15) is 5.69 Å². The predicted octanol–water partition coefficient (Wildman–Crippen LogP) is 4.40. The van der Waals surface area contributed by atoms with E-state index in [-0.39, 0.29) is 11.6 Å². The summed E-state index contributed by atoms with van der Waals surface area (Å²) in [5.41, 5.74) is 2.47. The zero-order valence-corrected chi connectivity index (χ0v) is 16.7. The van der Waals surface area contributed by atoms with Crippen molar-refractivity contribution in [2.45, 2.75) is 0 Å². The molecule has 4 rings (SSSR count). The van der Waals surface area contributed by atoms with Crippen molar-refractivity contribution < 1.29 is 14.0 Å². The van der Waals surface area contributed by atoms with Crippen LogP contribution in [0.4, 0.5) is 5.69 Å². The Morgan fingerprint density at radius 3 is 2.50 bits per heavy atom. The van der Waals surface area contributed by atoms with Gasteiger partial charge in [0.15, 0.2) is 11.5 Å². The molecule has 0 aliphatic rings. The summed E-state index contributed by atoms with van der Waals surface area (Å²) in [5, 5.41) is 10.4. The van der Waals surface area contributed by atoms with E-state index >= 15 is 0 Å². The molecule has 0 aliphatic carbocycles. The zero-order valence-electron chi connectivity index (χ0n) is 15.9. The first-order chi connectivity index (χ1) is 14.5. The lowest BCUT2D eigenvalue weighted by Crippen LogP contribution is -2.18. The van der Waals surface area contributed by atoms with Crippen LogP contribution < -0.4 is 10.6 Å². The molecule has 2 aromatic heterocycles. The molecule has 7 nitrogen and oxygen atoms in total. The lowest BCUT2D eigenvalue weighted by molar-refractivity contribution is 0.0961. The summed E-state index contributed by atoms with van der Waals surface area (Å²) >= 11 is 5.99. The van der Waals surface area contributed by atoms with Crippen molar-refractivity contribution in [2.24, 2.45) is 0 Å². The molecule has 2 amide bonds. The number of hydrogen-bond donors (Lipinski definition) is 2.